The average molecular weight is 278 g/mol. The Morgan fingerprint density at radius 1 is 1.35 bits per heavy atom. The molecule has 0 radical (unpaired) electrons. The van der Waals surface area contributed by atoms with Crippen LogP contribution in [0.4, 0.5) is 0 Å². The molecule has 0 saturated heterocycles. The molecule has 3 N–H and O–H groups in total. The second kappa shape index (κ2) is 9.50. The molecule has 20 heavy (non-hydrogen) atoms. The van der Waals surface area contributed by atoms with Crippen LogP contribution in [0.25, 0.3) is 0 Å². The van der Waals surface area contributed by atoms with Crippen LogP contribution in [0.2, 0.25) is 0 Å². The Morgan fingerprint density at radius 3 is 2.65 bits per heavy atom. The predicted octanol–water partition coefficient (Wildman–Crippen LogP) is 2.64. The number of nitrogens with one attached hydrogen (secondary N) is 1. The van der Waals surface area contributed by atoms with Gasteiger partial charge in [-0.1, -0.05) is 57.0 Å². The van der Waals surface area contributed by atoms with Gasteiger partial charge in [-0.2, -0.15) is 0 Å². The van der Waals surface area contributed by atoms with Gasteiger partial charge < -0.3 is 5.73 Å². The molecule has 4 nitrogen and oxygen atoms in total. The zero-order valence-corrected chi connectivity index (χ0v) is 12.5. The minimum atomic E-state index is -0.260. The normalized spacial score (nSPS) is 13.9. The molecule has 0 fully saturated rings. The summed E-state index contributed by atoms with van der Waals surface area (Å²) in [6.07, 6.45) is 3.06. The summed E-state index contributed by atoms with van der Waals surface area (Å²) in [6.45, 7) is 5.26. The van der Waals surface area contributed by atoms with Crippen molar-refractivity contribution >= 4 is 5.91 Å². The fraction of sp³-hybridized carbons (Fsp3) is 0.562. The van der Waals surface area contributed by atoms with E-state index in [0.29, 0.717) is 19.1 Å². The number of rotatable bonds is 10. The Hall–Kier alpha value is -1.39. The van der Waals surface area contributed by atoms with Crippen molar-refractivity contribution in [2.45, 2.75) is 39.7 Å². The van der Waals surface area contributed by atoms with Crippen molar-refractivity contribution < 1.29 is 9.63 Å². The predicted molar refractivity (Wildman–Crippen MR) is 80.6 cm³/mol. The van der Waals surface area contributed by atoms with Crippen molar-refractivity contribution in [2.75, 3.05) is 6.54 Å². The topological polar surface area (TPSA) is 64.3 Å². The summed E-state index contributed by atoms with van der Waals surface area (Å²) in [4.78, 5) is 16.8. The van der Waals surface area contributed by atoms with Crippen LogP contribution in [0, 0.1) is 11.8 Å². The summed E-state index contributed by atoms with van der Waals surface area (Å²) in [6, 6.07) is 9.90. The van der Waals surface area contributed by atoms with E-state index >= 15 is 0 Å². The fourth-order valence-corrected chi connectivity index (χ4v) is 2.26. The molecule has 112 valence electrons. The maximum Gasteiger partial charge on any atom is 0.221 e. The Bertz CT molecular complexity index is 381. The van der Waals surface area contributed by atoms with E-state index in [9.17, 15) is 4.79 Å². The number of hydrogen-bond acceptors (Lipinski definition) is 3. The van der Waals surface area contributed by atoms with Gasteiger partial charge in [0.2, 0.25) is 5.91 Å². The highest BCUT2D eigenvalue weighted by molar-refractivity contribution is 5.76. The largest absolute Gasteiger partial charge is 0.369 e. The maximum atomic E-state index is 11.4. The summed E-state index contributed by atoms with van der Waals surface area (Å²) in [7, 11) is 0. The van der Waals surface area contributed by atoms with Crippen LogP contribution in [-0.2, 0) is 16.2 Å². The van der Waals surface area contributed by atoms with Crippen LogP contribution in [0.15, 0.2) is 30.3 Å². The summed E-state index contributed by atoms with van der Waals surface area (Å²) < 4.78 is 0. The molecule has 0 spiro atoms. The van der Waals surface area contributed by atoms with Gasteiger partial charge in [-0.25, -0.2) is 5.48 Å². The Labute approximate surface area is 121 Å². The number of primary amides is 1. The highest BCUT2D eigenvalue weighted by Gasteiger charge is 2.18. The molecule has 0 aliphatic heterocycles. The summed E-state index contributed by atoms with van der Waals surface area (Å²) in [5, 5.41) is 0. The number of nitrogens with two attached hydrogens (primary N) is 1. The van der Waals surface area contributed by atoms with E-state index in [-0.39, 0.29) is 11.8 Å². The molecule has 0 saturated carbocycles. The zero-order chi connectivity index (χ0) is 14.8. The monoisotopic (exact) mass is 278 g/mol. The van der Waals surface area contributed by atoms with Gasteiger partial charge in [-0.05, 0) is 17.9 Å². The minimum absolute atomic E-state index is 0.174. The summed E-state index contributed by atoms with van der Waals surface area (Å²) >= 11 is 0. The first-order valence-electron chi connectivity index (χ1n) is 7.31. The first kappa shape index (κ1) is 16.7. The second-order valence-electron chi connectivity index (χ2n) is 5.35. The molecule has 2 unspecified atom stereocenters. The lowest BCUT2D eigenvalue weighted by molar-refractivity contribution is -0.123. The molecule has 1 aromatic rings. The van der Waals surface area contributed by atoms with Gasteiger partial charge in [-0.15, -0.1) is 0 Å². The number of hydroxylamine groups is 1. The highest BCUT2D eigenvalue weighted by Crippen LogP contribution is 2.16. The fourth-order valence-electron chi connectivity index (χ4n) is 2.26. The van der Waals surface area contributed by atoms with E-state index in [2.05, 4.69) is 19.3 Å². The smallest absolute Gasteiger partial charge is 0.221 e. The molecule has 2 atom stereocenters. The van der Waals surface area contributed by atoms with E-state index < -0.39 is 0 Å². The van der Waals surface area contributed by atoms with Crippen molar-refractivity contribution in [1.29, 1.82) is 0 Å². The van der Waals surface area contributed by atoms with E-state index in [1.807, 2.05) is 30.3 Å². The lowest BCUT2D eigenvalue weighted by Crippen LogP contribution is -2.34. The van der Waals surface area contributed by atoms with Gasteiger partial charge in [0.25, 0.3) is 0 Å². The van der Waals surface area contributed by atoms with Crippen LogP contribution < -0.4 is 11.2 Å². The van der Waals surface area contributed by atoms with Gasteiger partial charge >= 0.3 is 0 Å². The van der Waals surface area contributed by atoms with E-state index in [0.717, 1.165) is 24.8 Å². The molecular weight excluding hydrogens is 252 g/mol. The van der Waals surface area contributed by atoms with Crippen molar-refractivity contribution in [1.82, 2.24) is 5.48 Å². The van der Waals surface area contributed by atoms with Gasteiger partial charge in [0.05, 0.1) is 12.5 Å². The van der Waals surface area contributed by atoms with Gasteiger partial charge in [0.15, 0.2) is 0 Å². The summed E-state index contributed by atoms with van der Waals surface area (Å²) in [5.74, 6) is 0.0736. The van der Waals surface area contributed by atoms with Crippen molar-refractivity contribution in [3.8, 4) is 0 Å². The first-order chi connectivity index (χ1) is 9.63. The highest BCUT2D eigenvalue weighted by atomic mass is 16.6. The number of carbonyl (C=O) groups is 1. The SMILES string of the molecule is CCCC(C)CC(CNOCc1ccccc1)C(N)=O. The van der Waals surface area contributed by atoms with Crippen LogP contribution in [-0.4, -0.2) is 12.5 Å². The van der Waals surface area contributed by atoms with Crippen LogP contribution in [0.1, 0.15) is 38.7 Å². The molecule has 0 aliphatic rings. The third kappa shape index (κ3) is 6.68. The van der Waals surface area contributed by atoms with E-state index in [1.165, 1.54) is 0 Å². The second-order valence-corrected chi connectivity index (χ2v) is 5.35. The molecule has 1 amide bonds. The van der Waals surface area contributed by atoms with Crippen molar-refractivity contribution in [2.24, 2.45) is 17.6 Å². The van der Waals surface area contributed by atoms with Crippen molar-refractivity contribution in [3.05, 3.63) is 35.9 Å². The maximum absolute atomic E-state index is 11.4. The number of benzene rings is 1. The first-order valence-corrected chi connectivity index (χ1v) is 7.31. The van der Waals surface area contributed by atoms with Gasteiger partial charge in [0.1, 0.15) is 0 Å². The van der Waals surface area contributed by atoms with Crippen molar-refractivity contribution in [3.63, 3.8) is 0 Å². The van der Waals surface area contributed by atoms with Crippen LogP contribution in [0.5, 0.6) is 0 Å². The quantitative estimate of drug-likeness (QED) is 0.511. The number of amides is 1. The van der Waals surface area contributed by atoms with Crippen LogP contribution >= 0.6 is 0 Å². The molecular formula is C16H26N2O2. The summed E-state index contributed by atoms with van der Waals surface area (Å²) in [5.41, 5.74) is 9.39. The minimum Gasteiger partial charge on any atom is -0.369 e. The lowest BCUT2D eigenvalue weighted by atomic mass is 9.92. The van der Waals surface area contributed by atoms with Gasteiger partial charge in [-0.3, -0.25) is 9.63 Å². The molecule has 1 rings (SSSR count). The molecule has 0 heterocycles. The standard InChI is InChI=1S/C16H26N2O2/c1-3-7-13(2)10-15(16(17)19)11-18-20-12-14-8-5-4-6-9-14/h4-6,8-9,13,15,18H,3,7,10-12H2,1-2H3,(H2,17,19). The average Bonchev–Trinajstić information content (AvgIpc) is 2.43. The molecule has 0 aromatic heterocycles. The molecule has 4 heteroatoms. The Balaban J connectivity index is 2.27. The Morgan fingerprint density at radius 2 is 2.05 bits per heavy atom. The number of hydrogen-bond donors (Lipinski definition) is 2. The van der Waals surface area contributed by atoms with Gasteiger partial charge in [0, 0.05) is 6.54 Å². The molecule has 1 aromatic carbocycles. The molecule has 0 aliphatic carbocycles. The molecule has 0 bridgehead atoms. The lowest BCUT2D eigenvalue weighted by Gasteiger charge is -2.18. The van der Waals surface area contributed by atoms with E-state index in [1.54, 1.807) is 0 Å². The third-order valence-corrected chi connectivity index (χ3v) is 3.38. The van der Waals surface area contributed by atoms with E-state index in [4.69, 9.17) is 10.6 Å². The third-order valence-electron chi connectivity index (χ3n) is 3.38. The van der Waals surface area contributed by atoms with Crippen LogP contribution in [0.3, 0.4) is 0 Å². The number of carbonyl (C=O) groups excluding carboxylic acids is 1. The zero-order valence-electron chi connectivity index (χ0n) is 12.5. The Kier molecular flexibility index (Phi) is 7.92.